The van der Waals surface area contributed by atoms with Crippen molar-refractivity contribution in [3.8, 4) is 0 Å². The van der Waals surface area contributed by atoms with E-state index in [1.807, 2.05) is 32.0 Å². The van der Waals surface area contributed by atoms with Crippen LogP contribution in [0.3, 0.4) is 0 Å². The van der Waals surface area contributed by atoms with Gasteiger partial charge in [-0.2, -0.15) is 0 Å². The van der Waals surface area contributed by atoms with Crippen LogP contribution in [0.15, 0.2) is 28.3 Å². The summed E-state index contributed by atoms with van der Waals surface area (Å²) < 4.78 is 0. The molecule has 0 radical (unpaired) electrons. The smallest absolute Gasteiger partial charge is 0.213 e. The highest BCUT2D eigenvalue weighted by Gasteiger charge is 2.07. The Balaban J connectivity index is 2.30. The molecule has 4 nitrogen and oxygen atoms in total. The maximum atomic E-state index is 10.9. The zero-order valence-corrected chi connectivity index (χ0v) is 9.84. The fourth-order valence-electron chi connectivity index (χ4n) is 1.32. The Morgan fingerprint density at radius 2 is 2.19 bits per heavy atom. The standard InChI is InChI=1S/C11H11N3OS/c1-7-3-4-10(9(5-7)6-15)16-11-12-8(2)13-14-11/h3-6H,1-2H3,(H,12,13,14). The molecular weight excluding hydrogens is 222 g/mol. The van der Waals surface area contributed by atoms with Crippen molar-refractivity contribution in [2.75, 3.05) is 0 Å². The third-order valence-electron chi connectivity index (χ3n) is 2.07. The second-order valence-corrected chi connectivity index (χ2v) is 4.47. The number of aldehydes is 1. The number of benzene rings is 1. The van der Waals surface area contributed by atoms with E-state index in [1.54, 1.807) is 0 Å². The number of hydrogen-bond acceptors (Lipinski definition) is 4. The van der Waals surface area contributed by atoms with Crippen molar-refractivity contribution in [2.45, 2.75) is 23.9 Å². The fourth-order valence-corrected chi connectivity index (χ4v) is 2.15. The number of hydrogen-bond donors (Lipinski definition) is 1. The zero-order valence-electron chi connectivity index (χ0n) is 9.02. The predicted molar refractivity (Wildman–Crippen MR) is 61.8 cm³/mol. The molecule has 1 heterocycles. The minimum atomic E-state index is 0.629. The summed E-state index contributed by atoms with van der Waals surface area (Å²) in [5.41, 5.74) is 1.74. The van der Waals surface area contributed by atoms with Crippen LogP contribution >= 0.6 is 11.8 Å². The fraction of sp³-hybridized carbons (Fsp3) is 0.182. The number of aromatic nitrogens is 3. The van der Waals surface area contributed by atoms with Crippen LogP contribution in [0.2, 0.25) is 0 Å². The summed E-state index contributed by atoms with van der Waals surface area (Å²) in [7, 11) is 0. The first kappa shape index (κ1) is 10.9. The molecule has 0 aliphatic heterocycles. The minimum Gasteiger partial charge on any atom is -0.298 e. The first-order chi connectivity index (χ1) is 7.69. The van der Waals surface area contributed by atoms with Crippen LogP contribution < -0.4 is 0 Å². The topological polar surface area (TPSA) is 58.6 Å². The number of H-pyrrole nitrogens is 1. The molecule has 0 saturated carbocycles. The third kappa shape index (κ3) is 2.30. The SMILES string of the molecule is Cc1ccc(Sc2n[nH]c(C)n2)c(C=O)c1. The van der Waals surface area contributed by atoms with Gasteiger partial charge in [0, 0.05) is 10.5 Å². The van der Waals surface area contributed by atoms with E-state index in [0.717, 1.165) is 22.6 Å². The molecule has 2 rings (SSSR count). The molecule has 0 aliphatic rings. The van der Waals surface area contributed by atoms with Gasteiger partial charge in [0.15, 0.2) is 6.29 Å². The van der Waals surface area contributed by atoms with Gasteiger partial charge in [-0.1, -0.05) is 11.6 Å². The van der Waals surface area contributed by atoms with Crippen molar-refractivity contribution >= 4 is 18.0 Å². The molecule has 82 valence electrons. The summed E-state index contributed by atoms with van der Waals surface area (Å²) in [5.74, 6) is 0.766. The van der Waals surface area contributed by atoms with E-state index in [9.17, 15) is 4.79 Å². The zero-order chi connectivity index (χ0) is 11.5. The van der Waals surface area contributed by atoms with Gasteiger partial charge in [0.2, 0.25) is 5.16 Å². The highest BCUT2D eigenvalue weighted by molar-refractivity contribution is 7.99. The van der Waals surface area contributed by atoms with E-state index in [0.29, 0.717) is 10.7 Å². The van der Waals surface area contributed by atoms with E-state index in [4.69, 9.17) is 0 Å². The van der Waals surface area contributed by atoms with E-state index >= 15 is 0 Å². The molecule has 0 bridgehead atoms. The van der Waals surface area contributed by atoms with E-state index in [-0.39, 0.29) is 0 Å². The molecule has 16 heavy (non-hydrogen) atoms. The average Bonchev–Trinajstić information content (AvgIpc) is 2.67. The Morgan fingerprint density at radius 3 is 2.81 bits per heavy atom. The van der Waals surface area contributed by atoms with Gasteiger partial charge in [0.25, 0.3) is 0 Å². The summed E-state index contributed by atoms with van der Waals surface area (Å²) in [6, 6.07) is 5.74. The summed E-state index contributed by atoms with van der Waals surface area (Å²) >= 11 is 1.38. The lowest BCUT2D eigenvalue weighted by Crippen LogP contribution is -1.87. The Labute approximate surface area is 97.5 Å². The van der Waals surface area contributed by atoms with Crippen molar-refractivity contribution in [1.29, 1.82) is 0 Å². The van der Waals surface area contributed by atoms with Crippen LogP contribution in [0.25, 0.3) is 0 Å². The molecular formula is C11H11N3OS. The van der Waals surface area contributed by atoms with Gasteiger partial charge in [0.05, 0.1) is 0 Å². The van der Waals surface area contributed by atoms with E-state index in [1.165, 1.54) is 11.8 Å². The third-order valence-corrected chi connectivity index (χ3v) is 3.03. The Morgan fingerprint density at radius 1 is 1.38 bits per heavy atom. The van der Waals surface area contributed by atoms with Crippen molar-refractivity contribution in [3.63, 3.8) is 0 Å². The van der Waals surface area contributed by atoms with Crippen LogP contribution in [-0.4, -0.2) is 21.5 Å². The second kappa shape index (κ2) is 4.49. The maximum absolute atomic E-state index is 10.9. The number of rotatable bonds is 3. The van der Waals surface area contributed by atoms with Gasteiger partial charge in [0.1, 0.15) is 5.82 Å². The lowest BCUT2D eigenvalue weighted by atomic mass is 10.2. The quantitative estimate of drug-likeness (QED) is 0.827. The molecule has 1 aromatic heterocycles. The van der Waals surface area contributed by atoms with Crippen molar-refractivity contribution in [2.24, 2.45) is 0 Å². The van der Waals surface area contributed by atoms with Crippen molar-refractivity contribution in [1.82, 2.24) is 15.2 Å². The van der Waals surface area contributed by atoms with Gasteiger partial charge in [-0.05, 0) is 37.7 Å². The number of aryl methyl sites for hydroxylation is 2. The highest BCUT2D eigenvalue weighted by Crippen LogP contribution is 2.27. The minimum absolute atomic E-state index is 0.629. The number of carbonyl (C=O) groups is 1. The van der Waals surface area contributed by atoms with Gasteiger partial charge in [-0.3, -0.25) is 9.89 Å². The summed E-state index contributed by atoms with van der Waals surface area (Å²) in [6.07, 6.45) is 0.856. The number of nitrogens with one attached hydrogen (secondary N) is 1. The number of carbonyl (C=O) groups excluding carboxylic acids is 1. The van der Waals surface area contributed by atoms with Crippen molar-refractivity contribution in [3.05, 3.63) is 35.2 Å². The number of nitrogens with zero attached hydrogens (tertiary/aromatic N) is 2. The molecule has 0 fully saturated rings. The first-order valence-electron chi connectivity index (χ1n) is 4.82. The van der Waals surface area contributed by atoms with Gasteiger partial charge < -0.3 is 0 Å². The van der Waals surface area contributed by atoms with Crippen LogP contribution in [-0.2, 0) is 0 Å². The van der Waals surface area contributed by atoms with Crippen LogP contribution in [0, 0.1) is 13.8 Å². The molecule has 1 N–H and O–H groups in total. The lowest BCUT2D eigenvalue weighted by molar-refractivity contribution is 0.112. The molecule has 1 aromatic carbocycles. The van der Waals surface area contributed by atoms with E-state index < -0.39 is 0 Å². The molecule has 0 aliphatic carbocycles. The van der Waals surface area contributed by atoms with Crippen molar-refractivity contribution < 1.29 is 4.79 Å². The molecule has 0 amide bonds. The number of aromatic amines is 1. The van der Waals surface area contributed by atoms with Crippen LogP contribution in [0.1, 0.15) is 21.7 Å². The monoisotopic (exact) mass is 233 g/mol. The highest BCUT2D eigenvalue weighted by atomic mass is 32.2. The molecule has 0 unspecified atom stereocenters. The molecule has 0 spiro atoms. The summed E-state index contributed by atoms with van der Waals surface area (Å²) in [5, 5.41) is 7.42. The van der Waals surface area contributed by atoms with Crippen LogP contribution in [0.4, 0.5) is 0 Å². The Kier molecular flexibility index (Phi) is 3.05. The Hall–Kier alpha value is -1.62. The molecule has 5 heteroatoms. The lowest BCUT2D eigenvalue weighted by Gasteiger charge is -2.02. The Bertz CT molecular complexity index is 522. The maximum Gasteiger partial charge on any atom is 0.213 e. The van der Waals surface area contributed by atoms with Crippen LogP contribution in [0.5, 0.6) is 0 Å². The molecule has 0 saturated heterocycles. The average molecular weight is 233 g/mol. The van der Waals surface area contributed by atoms with E-state index in [2.05, 4.69) is 15.2 Å². The predicted octanol–water partition coefficient (Wildman–Crippen LogP) is 2.39. The molecule has 0 atom stereocenters. The largest absolute Gasteiger partial charge is 0.298 e. The first-order valence-corrected chi connectivity index (χ1v) is 5.63. The van der Waals surface area contributed by atoms with Gasteiger partial charge in [-0.25, -0.2) is 4.98 Å². The molecule has 2 aromatic rings. The second-order valence-electron chi connectivity index (χ2n) is 3.46. The summed E-state index contributed by atoms with van der Waals surface area (Å²) in [6.45, 7) is 3.80. The summed E-state index contributed by atoms with van der Waals surface area (Å²) in [4.78, 5) is 16.0. The van der Waals surface area contributed by atoms with Gasteiger partial charge >= 0.3 is 0 Å². The normalized spacial score (nSPS) is 10.4. The van der Waals surface area contributed by atoms with Gasteiger partial charge in [-0.15, -0.1) is 5.10 Å².